The van der Waals surface area contributed by atoms with Crippen LogP contribution >= 0.6 is 12.2 Å². The van der Waals surface area contributed by atoms with Gasteiger partial charge < -0.3 is 29.9 Å². The number of hydrazine groups is 1. The van der Waals surface area contributed by atoms with E-state index >= 15 is 8.78 Å². The lowest BCUT2D eigenvalue weighted by Crippen LogP contribution is -2.48. The van der Waals surface area contributed by atoms with Crippen molar-refractivity contribution in [2.75, 3.05) is 74.2 Å². The number of anilines is 3. The third-order valence-electron chi connectivity index (χ3n) is 7.37. The highest BCUT2D eigenvalue weighted by Gasteiger charge is 2.34. The molecule has 1 aromatic carbocycles. The van der Waals surface area contributed by atoms with Crippen LogP contribution in [0.3, 0.4) is 0 Å². The summed E-state index contributed by atoms with van der Waals surface area (Å²) in [6.07, 6.45) is 2.75. The Morgan fingerprint density at radius 3 is 2.62 bits per heavy atom. The molecule has 3 aliphatic heterocycles. The molecular weight excluding hydrogens is 570 g/mol. The van der Waals surface area contributed by atoms with E-state index in [4.69, 9.17) is 21.7 Å². The number of thiocarbonyl (C=S) groups is 1. The zero-order valence-electron chi connectivity index (χ0n) is 23.3. The monoisotopic (exact) mass is 604 g/mol. The minimum absolute atomic E-state index is 0.0496. The third kappa shape index (κ3) is 6.90. The Bertz CT molecular complexity index is 1290. The van der Waals surface area contributed by atoms with Crippen LogP contribution in [0.4, 0.5) is 35.6 Å². The molecule has 42 heavy (non-hydrogen) atoms. The minimum Gasteiger partial charge on any atom is -0.474 e. The maximum absolute atomic E-state index is 15.3. The van der Waals surface area contributed by atoms with E-state index in [0.29, 0.717) is 13.1 Å². The van der Waals surface area contributed by atoms with Crippen LogP contribution < -0.4 is 30.8 Å². The SMILES string of the molecule is COC(=S)NC[C@H]1CN(c2cc(F)c(N3CCNN(C(=O)NCc4ccnc(N5CCCC5)c4)CC3)c(F)c2)C(=O)O1. The standard InChI is InChI=1S/C27H34F2N8O4S/c1-40-26(42)32-16-20-17-36(27(39)41-20)19-13-21(28)24(22(29)14-19)35-9-6-33-37(11-10-35)25(38)31-15-18-4-5-30-23(12-18)34-7-2-3-8-34/h4-5,12-14,20,33H,2-3,6-11,15-17H2,1H3,(H,31,38)(H,32,42)/t20-/m0/s1. The summed E-state index contributed by atoms with van der Waals surface area (Å²) in [6, 6.07) is 5.73. The number of carbonyl (C=O) groups excluding carboxylic acids is 2. The fourth-order valence-corrected chi connectivity index (χ4v) is 5.29. The summed E-state index contributed by atoms with van der Waals surface area (Å²) >= 11 is 4.91. The smallest absolute Gasteiger partial charge is 0.414 e. The summed E-state index contributed by atoms with van der Waals surface area (Å²) in [7, 11) is 1.41. The van der Waals surface area contributed by atoms with E-state index in [1.807, 2.05) is 12.1 Å². The van der Waals surface area contributed by atoms with E-state index in [-0.39, 0.29) is 55.3 Å². The molecule has 0 saturated carbocycles. The number of aromatic nitrogens is 1. The van der Waals surface area contributed by atoms with Crippen LogP contribution in [-0.2, 0) is 16.0 Å². The van der Waals surface area contributed by atoms with Crippen LogP contribution in [0.5, 0.6) is 0 Å². The first-order valence-corrected chi connectivity index (χ1v) is 14.3. The van der Waals surface area contributed by atoms with Crippen LogP contribution in [0, 0.1) is 11.6 Å². The lowest BCUT2D eigenvalue weighted by Gasteiger charge is -2.25. The van der Waals surface area contributed by atoms with Gasteiger partial charge in [0.1, 0.15) is 17.6 Å². The number of amides is 3. The van der Waals surface area contributed by atoms with Crippen LogP contribution in [0.25, 0.3) is 0 Å². The Morgan fingerprint density at radius 1 is 1.12 bits per heavy atom. The maximum atomic E-state index is 15.3. The number of nitrogens with one attached hydrogen (secondary N) is 3. The maximum Gasteiger partial charge on any atom is 0.414 e. The van der Waals surface area contributed by atoms with Crippen molar-refractivity contribution in [2.45, 2.75) is 25.5 Å². The van der Waals surface area contributed by atoms with Crippen LogP contribution in [0.1, 0.15) is 18.4 Å². The van der Waals surface area contributed by atoms with Crippen molar-refractivity contribution < 1.29 is 27.8 Å². The highest BCUT2D eigenvalue weighted by molar-refractivity contribution is 7.80. The molecule has 3 fully saturated rings. The Kier molecular flexibility index (Phi) is 9.37. The Hall–Kier alpha value is -3.98. The van der Waals surface area contributed by atoms with Gasteiger partial charge in [0.2, 0.25) is 0 Å². The van der Waals surface area contributed by atoms with Crippen molar-refractivity contribution in [2.24, 2.45) is 0 Å². The quantitative estimate of drug-likeness (QED) is 0.407. The highest BCUT2D eigenvalue weighted by Crippen LogP contribution is 2.31. The number of methoxy groups -OCH3 is 1. The predicted octanol–water partition coefficient (Wildman–Crippen LogP) is 2.34. The zero-order chi connectivity index (χ0) is 29.6. The number of ether oxygens (including phenoxy) is 2. The van der Waals surface area contributed by atoms with Gasteiger partial charge in [0, 0.05) is 57.6 Å². The third-order valence-corrected chi connectivity index (χ3v) is 7.68. The molecule has 1 aromatic heterocycles. The summed E-state index contributed by atoms with van der Waals surface area (Å²) in [6.45, 7) is 3.52. The minimum atomic E-state index is -0.815. The molecule has 5 rings (SSSR count). The molecule has 226 valence electrons. The number of hydrogen-bond acceptors (Lipinski definition) is 9. The first-order valence-electron chi connectivity index (χ1n) is 13.8. The van der Waals surface area contributed by atoms with Crippen LogP contribution in [-0.4, -0.2) is 92.9 Å². The fraction of sp³-hybridized carbons (Fsp3) is 0.481. The van der Waals surface area contributed by atoms with Crippen molar-refractivity contribution in [3.8, 4) is 0 Å². The second-order valence-corrected chi connectivity index (χ2v) is 10.5. The molecule has 0 radical (unpaired) electrons. The molecule has 3 saturated heterocycles. The van der Waals surface area contributed by atoms with E-state index in [1.165, 1.54) is 17.0 Å². The normalized spacial score (nSPS) is 19.0. The molecule has 3 amide bonds. The zero-order valence-corrected chi connectivity index (χ0v) is 24.1. The second kappa shape index (κ2) is 13.3. The molecule has 3 aliphatic rings. The number of carbonyl (C=O) groups is 2. The summed E-state index contributed by atoms with van der Waals surface area (Å²) in [5.74, 6) is -0.725. The van der Waals surface area contributed by atoms with E-state index in [2.05, 4.69) is 25.9 Å². The lowest BCUT2D eigenvalue weighted by atomic mass is 10.2. The number of hydrogen-bond donors (Lipinski definition) is 3. The molecule has 0 spiro atoms. The van der Waals surface area contributed by atoms with Gasteiger partial charge in [0.25, 0.3) is 5.17 Å². The number of urea groups is 1. The fourth-order valence-electron chi connectivity index (χ4n) is 5.21. The molecular formula is C27H34F2N8O4S. The van der Waals surface area contributed by atoms with Crippen molar-refractivity contribution in [3.05, 3.63) is 47.7 Å². The van der Waals surface area contributed by atoms with Gasteiger partial charge in [-0.15, -0.1) is 0 Å². The number of nitrogens with zero attached hydrogens (tertiary/aromatic N) is 5. The van der Waals surface area contributed by atoms with Gasteiger partial charge in [-0.05, 0) is 42.8 Å². The lowest BCUT2D eigenvalue weighted by molar-refractivity contribution is 0.142. The van der Waals surface area contributed by atoms with Crippen molar-refractivity contribution >= 4 is 46.7 Å². The number of pyridine rings is 1. The number of benzene rings is 1. The largest absolute Gasteiger partial charge is 0.474 e. The molecule has 1 atom stereocenters. The summed E-state index contributed by atoms with van der Waals surface area (Å²) in [4.78, 5) is 34.6. The van der Waals surface area contributed by atoms with Gasteiger partial charge in [-0.1, -0.05) is 0 Å². The Labute approximate surface area is 247 Å². The van der Waals surface area contributed by atoms with Crippen LogP contribution in [0.15, 0.2) is 30.5 Å². The van der Waals surface area contributed by atoms with Gasteiger partial charge in [0.05, 0.1) is 32.4 Å². The van der Waals surface area contributed by atoms with E-state index in [9.17, 15) is 9.59 Å². The molecule has 0 bridgehead atoms. The molecule has 12 nitrogen and oxygen atoms in total. The number of cyclic esters (lactones) is 1. The van der Waals surface area contributed by atoms with Gasteiger partial charge >= 0.3 is 12.1 Å². The Balaban J connectivity index is 1.16. The molecule has 0 aliphatic carbocycles. The average molecular weight is 605 g/mol. The summed E-state index contributed by atoms with van der Waals surface area (Å²) in [5.41, 5.74) is 3.79. The van der Waals surface area contributed by atoms with Crippen molar-refractivity contribution in [1.82, 2.24) is 26.1 Å². The highest BCUT2D eigenvalue weighted by atomic mass is 32.1. The first-order chi connectivity index (χ1) is 20.3. The summed E-state index contributed by atoms with van der Waals surface area (Å²) < 4.78 is 40.7. The van der Waals surface area contributed by atoms with Gasteiger partial charge in [-0.2, -0.15) is 0 Å². The number of halogens is 2. The van der Waals surface area contributed by atoms with Crippen LogP contribution in [0.2, 0.25) is 0 Å². The molecule has 2 aromatic rings. The number of rotatable bonds is 7. The second-order valence-electron chi connectivity index (χ2n) is 10.2. The van der Waals surface area contributed by atoms with Crippen molar-refractivity contribution in [3.63, 3.8) is 0 Å². The van der Waals surface area contributed by atoms with Crippen molar-refractivity contribution in [1.29, 1.82) is 0 Å². The van der Waals surface area contributed by atoms with Gasteiger partial charge in [-0.25, -0.2) is 28.8 Å². The molecule has 4 heterocycles. The summed E-state index contributed by atoms with van der Waals surface area (Å²) in [5, 5.41) is 7.26. The van der Waals surface area contributed by atoms with Gasteiger partial charge in [0.15, 0.2) is 11.6 Å². The van der Waals surface area contributed by atoms with E-state index < -0.39 is 23.8 Å². The Morgan fingerprint density at radius 2 is 1.88 bits per heavy atom. The first kappa shape index (κ1) is 29.5. The molecule has 0 unspecified atom stereocenters. The van der Waals surface area contributed by atoms with E-state index in [0.717, 1.165) is 49.4 Å². The molecule has 15 heteroatoms. The average Bonchev–Trinajstić information content (AvgIpc) is 3.59. The predicted molar refractivity (Wildman–Crippen MR) is 156 cm³/mol. The van der Waals surface area contributed by atoms with Gasteiger partial charge in [-0.3, -0.25) is 9.91 Å². The molecule has 3 N–H and O–H groups in total. The topological polar surface area (TPSA) is 115 Å². The van der Waals surface area contributed by atoms with E-state index in [1.54, 1.807) is 11.1 Å².